The molecule has 0 saturated heterocycles. The van der Waals surface area contributed by atoms with Gasteiger partial charge in [0, 0.05) is 36.6 Å². The van der Waals surface area contributed by atoms with E-state index < -0.39 is 0 Å². The molecule has 0 aliphatic heterocycles. The van der Waals surface area contributed by atoms with Gasteiger partial charge >= 0.3 is 0 Å². The van der Waals surface area contributed by atoms with Crippen molar-refractivity contribution in [2.24, 2.45) is 0 Å². The third-order valence-corrected chi connectivity index (χ3v) is 5.75. The molecule has 5 heteroatoms. The molecule has 5 nitrogen and oxygen atoms in total. The standard InChI is InChI=1S/C23H36N4O/c1-9-12-17(26(8)11-3)14-19-15(4)20(24-6)23(28)27-16(5)18(13-10-2)21(25-7)22(19)27/h10,13-14,17,24-25H,9,11-12H2,1-8H3/b13-10+,19-14-. The van der Waals surface area contributed by atoms with Gasteiger partial charge in [0.2, 0.25) is 0 Å². The van der Waals surface area contributed by atoms with Crippen molar-refractivity contribution in [3.8, 4) is 0 Å². The normalized spacial score (nSPS) is 13.8. The summed E-state index contributed by atoms with van der Waals surface area (Å²) >= 11 is 0. The first-order valence-electron chi connectivity index (χ1n) is 10.3. The number of allylic oxidation sites excluding steroid dienone is 1. The Bertz CT molecular complexity index is 971. The Morgan fingerprint density at radius 2 is 1.79 bits per heavy atom. The third kappa shape index (κ3) is 3.68. The van der Waals surface area contributed by atoms with Crippen molar-refractivity contribution >= 4 is 29.0 Å². The third-order valence-electron chi connectivity index (χ3n) is 5.75. The molecule has 2 rings (SSSR count). The zero-order chi connectivity index (χ0) is 21.0. The Hall–Kier alpha value is -2.27. The van der Waals surface area contributed by atoms with Gasteiger partial charge in [-0.2, -0.15) is 0 Å². The minimum Gasteiger partial charge on any atom is -0.386 e. The second-order valence-corrected chi connectivity index (χ2v) is 7.37. The molecule has 0 radical (unpaired) electrons. The number of nitrogens with zero attached hydrogens (tertiary/aromatic N) is 2. The largest absolute Gasteiger partial charge is 0.386 e. The molecule has 0 aromatic carbocycles. The monoisotopic (exact) mass is 384 g/mol. The van der Waals surface area contributed by atoms with Crippen molar-refractivity contribution in [1.29, 1.82) is 0 Å². The molecule has 0 aliphatic carbocycles. The van der Waals surface area contributed by atoms with Crippen molar-refractivity contribution in [3.63, 3.8) is 0 Å². The maximum atomic E-state index is 13.3. The Labute approximate surface area is 169 Å². The first-order valence-corrected chi connectivity index (χ1v) is 10.3. The molecule has 1 atom stereocenters. The summed E-state index contributed by atoms with van der Waals surface area (Å²) in [7, 11) is 5.92. The van der Waals surface area contributed by atoms with Gasteiger partial charge in [-0.15, -0.1) is 0 Å². The Kier molecular flexibility index (Phi) is 7.30. The maximum absolute atomic E-state index is 13.3. The van der Waals surface area contributed by atoms with Crippen molar-refractivity contribution in [2.75, 3.05) is 38.3 Å². The van der Waals surface area contributed by atoms with Crippen molar-refractivity contribution in [2.45, 2.75) is 53.5 Å². The molecule has 2 N–H and O–H groups in total. The Morgan fingerprint density at radius 1 is 1.14 bits per heavy atom. The van der Waals surface area contributed by atoms with E-state index in [9.17, 15) is 4.79 Å². The summed E-state index contributed by atoms with van der Waals surface area (Å²) in [6.45, 7) is 11.5. The lowest BCUT2D eigenvalue weighted by molar-refractivity contribution is 0.295. The number of pyridine rings is 1. The fourth-order valence-electron chi connectivity index (χ4n) is 4.08. The van der Waals surface area contributed by atoms with Gasteiger partial charge in [-0.25, -0.2) is 0 Å². The highest BCUT2D eigenvalue weighted by molar-refractivity contribution is 5.87. The number of hydrogen-bond donors (Lipinski definition) is 2. The summed E-state index contributed by atoms with van der Waals surface area (Å²) in [5.74, 6) is 0. The average Bonchev–Trinajstić information content (AvgIpc) is 2.96. The lowest BCUT2D eigenvalue weighted by atomic mass is 10.0. The number of fused-ring (bicyclic) bond motifs is 1. The lowest BCUT2D eigenvalue weighted by Gasteiger charge is -2.24. The van der Waals surface area contributed by atoms with Gasteiger partial charge in [0.05, 0.1) is 11.2 Å². The van der Waals surface area contributed by atoms with Crippen molar-refractivity contribution in [3.05, 3.63) is 38.5 Å². The van der Waals surface area contributed by atoms with Crippen LogP contribution in [0.4, 0.5) is 11.4 Å². The van der Waals surface area contributed by atoms with Crippen molar-refractivity contribution < 1.29 is 0 Å². The summed E-state index contributed by atoms with van der Waals surface area (Å²) in [6, 6.07) is 0.324. The quantitative estimate of drug-likeness (QED) is 0.729. The molecule has 28 heavy (non-hydrogen) atoms. The molecule has 0 fully saturated rings. The molecule has 2 aromatic rings. The number of rotatable bonds is 8. The topological polar surface area (TPSA) is 48.8 Å². The molecule has 0 bridgehead atoms. The Morgan fingerprint density at radius 3 is 2.29 bits per heavy atom. The predicted molar refractivity (Wildman–Crippen MR) is 124 cm³/mol. The smallest absolute Gasteiger partial charge is 0.279 e. The average molecular weight is 385 g/mol. The Balaban J connectivity index is 3.09. The molecular weight excluding hydrogens is 348 g/mol. The summed E-state index contributed by atoms with van der Waals surface area (Å²) in [5, 5.41) is 7.64. The second kappa shape index (κ2) is 9.28. The number of nitrogens with one attached hydrogen (secondary N) is 2. The van der Waals surface area contributed by atoms with Crippen LogP contribution in [0.1, 0.15) is 50.4 Å². The fourth-order valence-corrected chi connectivity index (χ4v) is 4.08. The lowest BCUT2D eigenvalue weighted by Crippen LogP contribution is -2.33. The SMILES string of the molecule is C/C=C/c1c(NC)c2/c(=C\C(CCC)N(C)CC)c(C)c(NC)c(=O)n2c1C. The summed E-state index contributed by atoms with van der Waals surface area (Å²) in [4.78, 5) is 15.6. The van der Waals surface area contributed by atoms with E-state index in [1.165, 1.54) is 0 Å². The molecule has 154 valence electrons. The van der Waals surface area contributed by atoms with Gasteiger partial charge in [0.25, 0.3) is 5.56 Å². The van der Waals surface area contributed by atoms with Crippen LogP contribution in [0, 0.1) is 13.8 Å². The molecule has 2 heterocycles. The van der Waals surface area contributed by atoms with Gasteiger partial charge in [0.15, 0.2) is 0 Å². The van der Waals surface area contributed by atoms with Gasteiger partial charge in [-0.1, -0.05) is 38.5 Å². The van der Waals surface area contributed by atoms with E-state index in [4.69, 9.17) is 0 Å². The highest BCUT2D eigenvalue weighted by atomic mass is 16.1. The molecule has 2 aromatic heterocycles. The highest BCUT2D eigenvalue weighted by Gasteiger charge is 2.21. The molecular formula is C23H36N4O. The van der Waals surface area contributed by atoms with Gasteiger partial charge in [-0.05, 0) is 46.3 Å². The van der Waals surface area contributed by atoms with E-state index in [2.05, 4.69) is 48.6 Å². The molecule has 0 amide bonds. The summed E-state index contributed by atoms with van der Waals surface area (Å²) < 4.78 is 1.86. The van der Waals surface area contributed by atoms with Crippen LogP contribution in [-0.4, -0.2) is 43.0 Å². The first-order chi connectivity index (χ1) is 13.4. The number of hydrogen-bond acceptors (Lipinski definition) is 4. The zero-order valence-corrected chi connectivity index (χ0v) is 18.7. The van der Waals surface area contributed by atoms with Crippen LogP contribution in [0.3, 0.4) is 0 Å². The van der Waals surface area contributed by atoms with E-state index in [1.807, 2.05) is 45.3 Å². The fraction of sp³-hybridized carbons (Fsp3) is 0.522. The zero-order valence-electron chi connectivity index (χ0n) is 18.7. The van der Waals surface area contributed by atoms with Crippen LogP contribution < -0.4 is 21.4 Å². The predicted octanol–water partition coefficient (Wildman–Crippen LogP) is 3.65. The van der Waals surface area contributed by atoms with Gasteiger partial charge in [0.1, 0.15) is 5.69 Å². The number of aromatic nitrogens is 1. The second-order valence-electron chi connectivity index (χ2n) is 7.37. The summed E-state index contributed by atoms with van der Waals surface area (Å²) in [5.41, 5.74) is 5.70. The van der Waals surface area contributed by atoms with Crippen LogP contribution in [-0.2, 0) is 0 Å². The van der Waals surface area contributed by atoms with Crippen LogP contribution in [0.2, 0.25) is 0 Å². The van der Waals surface area contributed by atoms with Crippen LogP contribution in [0.15, 0.2) is 10.9 Å². The highest BCUT2D eigenvalue weighted by Crippen LogP contribution is 2.28. The van der Waals surface area contributed by atoms with E-state index in [0.717, 1.165) is 52.6 Å². The maximum Gasteiger partial charge on any atom is 0.279 e. The number of anilines is 2. The van der Waals surface area contributed by atoms with Crippen LogP contribution in [0.5, 0.6) is 0 Å². The molecule has 0 spiro atoms. The van der Waals surface area contributed by atoms with E-state index in [-0.39, 0.29) is 5.56 Å². The molecule has 0 aliphatic rings. The first kappa shape index (κ1) is 22.0. The van der Waals surface area contributed by atoms with E-state index >= 15 is 0 Å². The molecule has 1 unspecified atom stereocenters. The van der Waals surface area contributed by atoms with Crippen LogP contribution in [0.25, 0.3) is 17.7 Å². The van der Waals surface area contributed by atoms with Crippen molar-refractivity contribution in [1.82, 2.24) is 9.30 Å². The molecule has 0 saturated carbocycles. The number of aryl methyl sites for hydroxylation is 1. The van der Waals surface area contributed by atoms with Gasteiger partial charge in [-0.3, -0.25) is 9.20 Å². The van der Waals surface area contributed by atoms with E-state index in [0.29, 0.717) is 11.7 Å². The van der Waals surface area contributed by atoms with Gasteiger partial charge < -0.3 is 15.5 Å². The van der Waals surface area contributed by atoms with Crippen LogP contribution >= 0.6 is 0 Å². The minimum atomic E-state index is 0.00721. The van der Waals surface area contributed by atoms with E-state index in [1.54, 1.807) is 0 Å². The summed E-state index contributed by atoms with van der Waals surface area (Å²) in [6.07, 6.45) is 8.64. The minimum absolute atomic E-state index is 0.00721.